The van der Waals surface area contributed by atoms with Crippen LogP contribution in [0.1, 0.15) is 34.8 Å². The molecule has 2 rings (SSSR count). The molecule has 0 spiro atoms. The smallest absolute Gasteiger partial charge is 0.175 e. The molecule has 0 aliphatic heterocycles. The van der Waals surface area contributed by atoms with E-state index < -0.39 is 0 Å². The first-order valence-electron chi connectivity index (χ1n) is 6.97. The summed E-state index contributed by atoms with van der Waals surface area (Å²) in [6.45, 7) is 4.18. The molecule has 0 fully saturated rings. The van der Waals surface area contributed by atoms with Gasteiger partial charge in [-0.05, 0) is 18.9 Å². The van der Waals surface area contributed by atoms with Crippen molar-refractivity contribution < 1.29 is 4.79 Å². The molecule has 1 atom stereocenters. The van der Waals surface area contributed by atoms with Crippen LogP contribution in [0.15, 0.2) is 54.6 Å². The SMILES string of the molecule is CCC(SCc1cccc(C)c1)C(=O)c1ccccc1. The van der Waals surface area contributed by atoms with Crippen LogP contribution in [0.4, 0.5) is 0 Å². The van der Waals surface area contributed by atoms with E-state index >= 15 is 0 Å². The fourth-order valence-corrected chi connectivity index (χ4v) is 3.26. The van der Waals surface area contributed by atoms with Gasteiger partial charge >= 0.3 is 0 Å². The average molecular weight is 284 g/mol. The average Bonchev–Trinajstić information content (AvgIpc) is 2.48. The lowest BCUT2D eigenvalue weighted by atomic mass is 10.1. The third-order valence-electron chi connectivity index (χ3n) is 3.26. The van der Waals surface area contributed by atoms with Gasteiger partial charge in [0.2, 0.25) is 0 Å². The van der Waals surface area contributed by atoms with Crippen molar-refractivity contribution in [2.24, 2.45) is 0 Å². The van der Waals surface area contributed by atoms with Crippen LogP contribution in [0.5, 0.6) is 0 Å². The summed E-state index contributed by atoms with van der Waals surface area (Å²) in [6, 6.07) is 18.1. The molecule has 0 aliphatic rings. The molecular weight excluding hydrogens is 264 g/mol. The lowest BCUT2D eigenvalue weighted by molar-refractivity contribution is 0.0988. The van der Waals surface area contributed by atoms with Crippen LogP contribution >= 0.6 is 11.8 Å². The lowest BCUT2D eigenvalue weighted by Gasteiger charge is -2.13. The standard InChI is InChI=1S/C18H20OS/c1-3-17(18(19)16-10-5-4-6-11-16)20-13-15-9-7-8-14(2)12-15/h4-12,17H,3,13H2,1-2H3. The Kier molecular flexibility index (Phi) is 5.42. The Balaban J connectivity index is 2.01. The van der Waals surface area contributed by atoms with Crippen LogP contribution in [0.3, 0.4) is 0 Å². The van der Waals surface area contributed by atoms with Crippen molar-refractivity contribution in [1.29, 1.82) is 0 Å². The maximum atomic E-state index is 12.4. The molecule has 104 valence electrons. The molecule has 0 aliphatic carbocycles. The predicted octanol–water partition coefficient (Wildman–Crippen LogP) is 4.89. The van der Waals surface area contributed by atoms with Gasteiger partial charge in [-0.2, -0.15) is 0 Å². The molecule has 0 amide bonds. The number of hydrogen-bond donors (Lipinski definition) is 0. The van der Waals surface area contributed by atoms with Crippen molar-refractivity contribution in [3.8, 4) is 0 Å². The Morgan fingerprint density at radius 2 is 1.85 bits per heavy atom. The molecule has 0 bridgehead atoms. The predicted molar refractivity (Wildman–Crippen MR) is 87.3 cm³/mol. The van der Waals surface area contributed by atoms with Gasteiger partial charge in [0.25, 0.3) is 0 Å². The monoisotopic (exact) mass is 284 g/mol. The number of benzene rings is 2. The number of ketones is 1. The van der Waals surface area contributed by atoms with Gasteiger partial charge in [0.15, 0.2) is 5.78 Å². The van der Waals surface area contributed by atoms with Crippen molar-refractivity contribution in [2.75, 3.05) is 0 Å². The summed E-state index contributed by atoms with van der Waals surface area (Å²) in [5.74, 6) is 1.13. The molecule has 2 aromatic rings. The second-order valence-corrected chi connectivity index (χ2v) is 6.12. The van der Waals surface area contributed by atoms with Gasteiger partial charge in [0.1, 0.15) is 0 Å². The second-order valence-electron chi connectivity index (χ2n) is 4.93. The highest BCUT2D eigenvalue weighted by Gasteiger charge is 2.18. The maximum Gasteiger partial charge on any atom is 0.175 e. The Bertz CT molecular complexity index is 563. The third kappa shape index (κ3) is 3.97. The summed E-state index contributed by atoms with van der Waals surface area (Å²) < 4.78 is 0. The fraction of sp³-hybridized carbons (Fsp3) is 0.278. The summed E-state index contributed by atoms with van der Waals surface area (Å²) in [4.78, 5) is 12.4. The van der Waals surface area contributed by atoms with Gasteiger partial charge in [-0.3, -0.25) is 4.79 Å². The molecule has 0 aromatic heterocycles. The summed E-state index contributed by atoms with van der Waals surface area (Å²) in [5.41, 5.74) is 3.37. The highest BCUT2D eigenvalue weighted by molar-refractivity contribution is 7.99. The minimum absolute atomic E-state index is 0.0397. The number of hydrogen-bond acceptors (Lipinski definition) is 2. The first-order chi connectivity index (χ1) is 9.70. The van der Waals surface area contributed by atoms with E-state index in [1.54, 1.807) is 11.8 Å². The van der Waals surface area contributed by atoms with Crippen LogP contribution in [0, 0.1) is 6.92 Å². The van der Waals surface area contributed by atoms with E-state index in [9.17, 15) is 4.79 Å². The number of thioether (sulfide) groups is 1. The first kappa shape index (κ1) is 14.9. The normalized spacial score (nSPS) is 12.1. The van der Waals surface area contributed by atoms with E-state index in [1.807, 2.05) is 30.3 Å². The zero-order chi connectivity index (χ0) is 14.4. The van der Waals surface area contributed by atoms with E-state index in [4.69, 9.17) is 0 Å². The second kappa shape index (κ2) is 7.30. The van der Waals surface area contributed by atoms with Crippen LogP contribution in [0.25, 0.3) is 0 Å². The molecular formula is C18H20OS. The molecule has 1 unspecified atom stereocenters. The molecule has 20 heavy (non-hydrogen) atoms. The van der Waals surface area contributed by atoms with Gasteiger partial charge < -0.3 is 0 Å². The van der Waals surface area contributed by atoms with Crippen molar-refractivity contribution >= 4 is 17.5 Å². The van der Waals surface area contributed by atoms with Gasteiger partial charge in [-0.1, -0.05) is 67.1 Å². The highest BCUT2D eigenvalue weighted by Crippen LogP contribution is 2.24. The Morgan fingerprint density at radius 3 is 2.50 bits per heavy atom. The minimum atomic E-state index is 0.0397. The van der Waals surface area contributed by atoms with Crippen LogP contribution in [0.2, 0.25) is 0 Å². The molecule has 0 N–H and O–H groups in total. The quantitative estimate of drug-likeness (QED) is 0.703. The molecule has 0 heterocycles. The van der Waals surface area contributed by atoms with E-state index in [-0.39, 0.29) is 11.0 Å². The molecule has 2 aromatic carbocycles. The number of rotatable bonds is 6. The third-order valence-corrected chi connectivity index (χ3v) is 4.70. The number of Topliss-reactive ketones (excluding diaryl/α,β-unsaturated/α-hetero) is 1. The van der Waals surface area contributed by atoms with Gasteiger partial charge in [0, 0.05) is 11.3 Å². The number of aryl methyl sites for hydroxylation is 1. The van der Waals surface area contributed by atoms with Gasteiger partial charge in [-0.25, -0.2) is 0 Å². The molecule has 0 saturated heterocycles. The zero-order valence-electron chi connectivity index (χ0n) is 12.0. The van der Waals surface area contributed by atoms with Crippen molar-refractivity contribution in [1.82, 2.24) is 0 Å². The summed E-state index contributed by atoms with van der Waals surface area (Å²) >= 11 is 1.74. The lowest BCUT2D eigenvalue weighted by Crippen LogP contribution is -2.16. The van der Waals surface area contributed by atoms with Crippen molar-refractivity contribution in [3.05, 3.63) is 71.3 Å². The Morgan fingerprint density at radius 1 is 1.10 bits per heavy atom. The minimum Gasteiger partial charge on any atom is -0.293 e. The van der Waals surface area contributed by atoms with Crippen molar-refractivity contribution in [3.63, 3.8) is 0 Å². The van der Waals surface area contributed by atoms with Crippen molar-refractivity contribution in [2.45, 2.75) is 31.3 Å². The van der Waals surface area contributed by atoms with E-state index in [0.29, 0.717) is 0 Å². The molecule has 2 heteroatoms. The highest BCUT2D eigenvalue weighted by atomic mass is 32.2. The number of carbonyl (C=O) groups excluding carboxylic acids is 1. The fourth-order valence-electron chi connectivity index (χ4n) is 2.17. The largest absolute Gasteiger partial charge is 0.293 e. The Labute approximate surface area is 125 Å². The Hall–Kier alpha value is -1.54. The topological polar surface area (TPSA) is 17.1 Å². The van der Waals surface area contributed by atoms with Crippen LogP contribution in [-0.4, -0.2) is 11.0 Å². The zero-order valence-corrected chi connectivity index (χ0v) is 12.8. The number of carbonyl (C=O) groups is 1. The van der Waals surface area contributed by atoms with E-state index in [2.05, 4.69) is 38.1 Å². The maximum absolute atomic E-state index is 12.4. The van der Waals surface area contributed by atoms with E-state index in [0.717, 1.165) is 17.7 Å². The summed E-state index contributed by atoms with van der Waals surface area (Å²) in [6.07, 6.45) is 0.865. The van der Waals surface area contributed by atoms with Crippen LogP contribution in [-0.2, 0) is 5.75 Å². The van der Waals surface area contributed by atoms with Gasteiger partial charge in [-0.15, -0.1) is 11.8 Å². The molecule has 1 nitrogen and oxygen atoms in total. The summed E-state index contributed by atoms with van der Waals surface area (Å²) in [5, 5.41) is 0.0397. The van der Waals surface area contributed by atoms with E-state index in [1.165, 1.54) is 11.1 Å². The summed E-state index contributed by atoms with van der Waals surface area (Å²) in [7, 11) is 0. The molecule has 0 radical (unpaired) electrons. The molecule has 0 saturated carbocycles. The van der Waals surface area contributed by atoms with Crippen LogP contribution < -0.4 is 0 Å². The first-order valence-corrected chi connectivity index (χ1v) is 8.02. The van der Waals surface area contributed by atoms with Gasteiger partial charge in [0.05, 0.1) is 5.25 Å².